The molecule has 1 atom stereocenters. The molecule has 0 bridgehead atoms. The largest absolute Gasteiger partial charge is 0.396 e. The molecule has 1 amide bonds. The highest BCUT2D eigenvalue weighted by molar-refractivity contribution is 7.82. The number of hydrogen-bond donors (Lipinski definition) is 3. The number of carbonyl (C=O) groups excluding carboxylic acids is 2. The van der Waals surface area contributed by atoms with E-state index in [1.807, 2.05) is 41.5 Å². The van der Waals surface area contributed by atoms with Crippen LogP contribution in [0.3, 0.4) is 0 Å². The Balaban J connectivity index is 4.97. The van der Waals surface area contributed by atoms with Gasteiger partial charge in [-0.15, -0.1) is 0 Å². The van der Waals surface area contributed by atoms with Gasteiger partial charge in [-0.25, -0.2) is 0 Å². The number of Topliss-reactive ketones (excluding diaryl/α,β-unsaturated/α-hetero) is 1. The zero-order chi connectivity index (χ0) is 17.1. The van der Waals surface area contributed by atoms with Gasteiger partial charge in [0.25, 0.3) is 0 Å². The van der Waals surface area contributed by atoms with Gasteiger partial charge >= 0.3 is 0 Å². The van der Waals surface area contributed by atoms with Crippen molar-refractivity contribution in [1.82, 2.24) is 5.32 Å². The van der Waals surface area contributed by atoms with Gasteiger partial charge in [0.15, 0.2) is 0 Å². The number of nitrogens with one attached hydrogen (secondary N) is 1. The molecule has 0 fully saturated rings. The zero-order valence-corrected chi connectivity index (χ0v) is 15.3. The van der Waals surface area contributed by atoms with Crippen LogP contribution in [0.2, 0.25) is 0 Å². The molecule has 21 heavy (non-hydrogen) atoms. The van der Waals surface area contributed by atoms with E-state index in [4.69, 9.17) is 5.11 Å². The quantitative estimate of drug-likeness (QED) is 0.603. The fraction of sp³-hybridized carbons (Fsp3) is 0.875. The molecule has 0 aromatic heterocycles. The van der Waals surface area contributed by atoms with Gasteiger partial charge in [0.1, 0.15) is 5.78 Å². The van der Waals surface area contributed by atoms with E-state index in [0.717, 1.165) is 0 Å². The van der Waals surface area contributed by atoms with Gasteiger partial charge in [-0.1, -0.05) is 27.7 Å². The third-order valence-corrected chi connectivity index (χ3v) is 4.02. The van der Waals surface area contributed by atoms with Crippen molar-refractivity contribution in [2.45, 2.75) is 71.6 Å². The molecule has 0 radical (unpaired) electrons. The maximum atomic E-state index is 12.4. The lowest BCUT2D eigenvalue weighted by Gasteiger charge is -2.36. The summed E-state index contributed by atoms with van der Waals surface area (Å²) in [6, 6.07) is 0. The van der Waals surface area contributed by atoms with Crippen molar-refractivity contribution in [3.63, 3.8) is 0 Å². The SMILES string of the molecule is CC(C)C(=O)C(C)(C)CC(C)(S)C(=O)NC(C)(C)CCO. The van der Waals surface area contributed by atoms with Gasteiger partial charge in [0.2, 0.25) is 5.91 Å². The summed E-state index contributed by atoms with van der Waals surface area (Å²) in [5, 5.41) is 11.9. The van der Waals surface area contributed by atoms with Crippen LogP contribution in [0.15, 0.2) is 0 Å². The molecule has 0 spiro atoms. The Bertz CT molecular complexity index is 387. The molecule has 0 aliphatic heterocycles. The standard InChI is InChI=1S/C16H31NO3S/c1-11(2)12(19)14(3,4)10-16(7,21)13(20)17-15(5,6)8-9-18/h11,18,21H,8-10H2,1-7H3,(H,17,20). The van der Waals surface area contributed by atoms with Crippen LogP contribution in [0.4, 0.5) is 0 Å². The van der Waals surface area contributed by atoms with E-state index in [9.17, 15) is 9.59 Å². The molecule has 2 N–H and O–H groups in total. The van der Waals surface area contributed by atoms with Gasteiger partial charge in [0, 0.05) is 23.5 Å². The second kappa shape index (κ2) is 7.14. The van der Waals surface area contributed by atoms with Crippen LogP contribution in [0.25, 0.3) is 0 Å². The Morgan fingerprint density at radius 2 is 1.62 bits per heavy atom. The first kappa shape index (κ1) is 20.5. The van der Waals surface area contributed by atoms with Crippen molar-refractivity contribution >= 4 is 24.3 Å². The molecule has 0 aromatic carbocycles. The highest BCUT2D eigenvalue weighted by Gasteiger charge is 2.41. The topological polar surface area (TPSA) is 66.4 Å². The molecular weight excluding hydrogens is 286 g/mol. The lowest BCUT2D eigenvalue weighted by Crippen LogP contribution is -2.53. The summed E-state index contributed by atoms with van der Waals surface area (Å²) in [5.74, 6) is -0.155. The molecule has 0 aliphatic carbocycles. The highest BCUT2D eigenvalue weighted by Crippen LogP contribution is 2.35. The van der Waals surface area contributed by atoms with E-state index in [1.165, 1.54) is 0 Å². The lowest BCUT2D eigenvalue weighted by molar-refractivity contribution is -0.132. The summed E-state index contributed by atoms with van der Waals surface area (Å²) < 4.78 is -0.944. The van der Waals surface area contributed by atoms with E-state index >= 15 is 0 Å². The number of carbonyl (C=O) groups is 2. The predicted octanol–water partition coefficient (Wildman–Crippen LogP) is 2.59. The number of aliphatic hydroxyl groups is 1. The molecule has 0 aromatic rings. The van der Waals surface area contributed by atoms with E-state index in [0.29, 0.717) is 12.8 Å². The maximum Gasteiger partial charge on any atom is 0.236 e. The third-order valence-electron chi connectivity index (χ3n) is 3.66. The highest BCUT2D eigenvalue weighted by atomic mass is 32.1. The normalized spacial score (nSPS) is 15.7. The number of amides is 1. The van der Waals surface area contributed by atoms with Crippen molar-refractivity contribution < 1.29 is 14.7 Å². The molecule has 0 heterocycles. The van der Waals surface area contributed by atoms with Crippen LogP contribution < -0.4 is 5.32 Å². The summed E-state index contributed by atoms with van der Waals surface area (Å²) in [6.07, 6.45) is 0.831. The molecule has 0 rings (SSSR count). The van der Waals surface area contributed by atoms with Gasteiger partial charge in [0.05, 0.1) is 4.75 Å². The number of thiol groups is 1. The molecule has 0 saturated heterocycles. The Hall–Kier alpha value is -0.550. The minimum atomic E-state index is -0.944. The minimum Gasteiger partial charge on any atom is -0.396 e. The van der Waals surface area contributed by atoms with Crippen LogP contribution in [0, 0.1) is 11.3 Å². The Labute approximate surface area is 134 Å². The molecule has 0 aliphatic rings. The summed E-state index contributed by atoms with van der Waals surface area (Å²) in [7, 11) is 0. The van der Waals surface area contributed by atoms with Crippen LogP contribution in [-0.4, -0.2) is 33.7 Å². The first-order valence-corrected chi connectivity index (χ1v) is 7.90. The van der Waals surface area contributed by atoms with Crippen molar-refractivity contribution in [3.05, 3.63) is 0 Å². The lowest BCUT2D eigenvalue weighted by atomic mass is 9.75. The maximum absolute atomic E-state index is 12.4. The van der Waals surface area contributed by atoms with Crippen LogP contribution >= 0.6 is 12.6 Å². The number of hydrogen-bond acceptors (Lipinski definition) is 4. The van der Waals surface area contributed by atoms with E-state index < -0.39 is 15.7 Å². The molecule has 124 valence electrons. The fourth-order valence-electron chi connectivity index (χ4n) is 2.59. The summed E-state index contributed by atoms with van der Waals surface area (Å²) in [4.78, 5) is 24.7. The number of rotatable bonds is 8. The van der Waals surface area contributed by atoms with Crippen molar-refractivity contribution in [3.8, 4) is 0 Å². The number of ketones is 1. The number of aliphatic hydroxyl groups excluding tert-OH is 1. The predicted molar refractivity (Wildman–Crippen MR) is 89.6 cm³/mol. The van der Waals surface area contributed by atoms with Crippen LogP contribution in [0.1, 0.15) is 61.3 Å². The van der Waals surface area contributed by atoms with Crippen LogP contribution in [0.5, 0.6) is 0 Å². The Morgan fingerprint density at radius 3 is 2.00 bits per heavy atom. The smallest absolute Gasteiger partial charge is 0.236 e. The second-order valence-electron chi connectivity index (χ2n) is 7.67. The first-order valence-electron chi connectivity index (χ1n) is 7.45. The Morgan fingerprint density at radius 1 is 1.14 bits per heavy atom. The molecular formula is C16H31NO3S. The molecule has 1 unspecified atom stereocenters. The summed E-state index contributed by atoms with van der Waals surface area (Å²) in [6.45, 7) is 12.9. The molecule has 5 heteroatoms. The van der Waals surface area contributed by atoms with Crippen LogP contribution in [-0.2, 0) is 9.59 Å². The first-order chi connectivity index (χ1) is 9.25. The van der Waals surface area contributed by atoms with Crippen molar-refractivity contribution in [1.29, 1.82) is 0 Å². The van der Waals surface area contributed by atoms with Gasteiger partial charge in [-0.3, -0.25) is 9.59 Å². The van der Waals surface area contributed by atoms with E-state index in [1.54, 1.807) is 6.92 Å². The average molecular weight is 317 g/mol. The second-order valence-corrected chi connectivity index (χ2v) is 8.65. The summed E-state index contributed by atoms with van der Waals surface area (Å²) in [5.41, 5.74) is -1.11. The zero-order valence-electron chi connectivity index (χ0n) is 14.4. The monoisotopic (exact) mass is 317 g/mol. The fourth-order valence-corrected chi connectivity index (χ4v) is 3.04. The van der Waals surface area contributed by atoms with E-state index in [-0.39, 0.29) is 24.2 Å². The van der Waals surface area contributed by atoms with Gasteiger partial charge in [-0.05, 0) is 33.6 Å². The van der Waals surface area contributed by atoms with E-state index in [2.05, 4.69) is 17.9 Å². The van der Waals surface area contributed by atoms with Gasteiger partial charge < -0.3 is 10.4 Å². The average Bonchev–Trinajstić information content (AvgIpc) is 2.25. The molecule has 0 saturated carbocycles. The summed E-state index contributed by atoms with van der Waals surface area (Å²) >= 11 is 4.49. The van der Waals surface area contributed by atoms with Crippen molar-refractivity contribution in [2.75, 3.05) is 6.61 Å². The van der Waals surface area contributed by atoms with Crippen molar-refractivity contribution in [2.24, 2.45) is 11.3 Å². The minimum absolute atomic E-state index is 0.00783. The van der Waals surface area contributed by atoms with Gasteiger partial charge in [-0.2, -0.15) is 12.6 Å². The third kappa shape index (κ3) is 6.39. The Kier molecular flexibility index (Phi) is 6.95. The molecule has 4 nitrogen and oxygen atoms in total.